The Labute approximate surface area is 256 Å². The number of rotatable bonds is 6. The molecule has 2 aromatic rings. The van der Waals surface area contributed by atoms with Crippen LogP contribution in [0, 0.1) is 41.5 Å². The topological polar surface area (TPSA) is 0 Å². The molecular formula is C34H62Si6. The Balaban J connectivity index is 2.93. The first-order valence-electron chi connectivity index (χ1n) is 15.8. The Morgan fingerprint density at radius 3 is 0.900 bits per heavy atom. The standard InChI is InChI=1S/C34H62Si6/c1-25-21-27(3)31(28(4)22-25)35(32-29(5)23-26(2)24-30(32)6)36-33(37(7,8)9,38(10,11)12)19-20-34(36,39(13,14)15)40(16,17)18/h21-24H,19-20H2,1-18H3. The Bertz CT molecular complexity index is 1160. The van der Waals surface area contributed by atoms with Gasteiger partial charge in [0.1, 0.15) is 0 Å². The smallest absolute Gasteiger partial charge is 0.0591 e. The molecule has 1 heterocycles. The molecule has 2 aromatic carbocycles. The predicted molar refractivity (Wildman–Crippen MR) is 200 cm³/mol. The lowest BCUT2D eigenvalue weighted by Crippen LogP contribution is -2.70. The fourth-order valence-corrected chi connectivity index (χ4v) is 77.9. The largest absolute Gasteiger partial charge is 0.0694 e. The lowest BCUT2D eigenvalue weighted by molar-refractivity contribution is 0.763. The van der Waals surface area contributed by atoms with Gasteiger partial charge >= 0.3 is 0 Å². The third-order valence-corrected chi connectivity index (χ3v) is 57.0. The van der Waals surface area contributed by atoms with Crippen LogP contribution in [0.4, 0.5) is 0 Å². The number of hydrogen-bond acceptors (Lipinski definition) is 0. The molecule has 1 fully saturated rings. The second-order valence-corrected chi connectivity index (χ2v) is 49.2. The maximum Gasteiger partial charge on any atom is 0.0591 e. The van der Waals surface area contributed by atoms with Crippen LogP contribution in [0.25, 0.3) is 0 Å². The van der Waals surface area contributed by atoms with Crippen molar-refractivity contribution in [2.45, 2.75) is 142 Å². The lowest BCUT2D eigenvalue weighted by Gasteiger charge is -2.58. The highest BCUT2D eigenvalue weighted by Crippen LogP contribution is 2.68. The summed E-state index contributed by atoms with van der Waals surface area (Å²) in [5.74, 6) is 0. The van der Waals surface area contributed by atoms with Gasteiger partial charge < -0.3 is 0 Å². The molecule has 0 saturated carbocycles. The van der Waals surface area contributed by atoms with Gasteiger partial charge in [-0.1, -0.05) is 127 Å². The van der Waals surface area contributed by atoms with E-state index in [9.17, 15) is 0 Å². The minimum absolute atomic E-state index is 0.618. The minimum atomic E-state index is -1.56. The van der Waals surface area contributed by atoms with E-state index in [-0.39, 0.29) is 0 Å². The SMILES string of the molecule is Cc1cc(C)c([Si](c2c(C)cc(C)cc2C)=[Si]2C([Si](C)(C)C)([Si](C)(C)C)CCC2([Si](C)(C)C)[Si](C)(C)C)c(C)c1. The molecule has 0 atom stereocenters. The second-order valence-electron chi connectivity index (χ2n) is 17.6. The van der Waals surface area contributed by atoms with E-state index in [1.54, 1.807) is 22.3 Å². The Hall–Kier alpha value is -0.259. The molecule has 1 aliphatic heterocycles. The van der Waals surface area contributed by atoms with Gasteiger partial charge in [0.05, 0.1) is 7.89 Å². The highest BCUT2D eigenvalue weighted by molar-refractivity contribution is 7.31. The fraction of sp³-hybridized carbons (Fsp3) is 0.647. The quantitative estimate of drug-likeness (QED) is 0.277. The molecule has 3 rings (SSSR count). The predicted octanol–water partition coefficient (Wildman–Crippen LogP) is 9.50. The van der Waals surface area contributed by atoms with Crippen molar-refractivity contribution in [3.8, 4) is 0 Å². The van der Waals surface area contributed by atoms with E-state index in [1.165, 1.54) is 24.0 Å². The lowest BCUT2D eigenvalue weighted by atomic mass is 10.1. The molecule has 0 nitrogen and oxygen atoms in total. The van der Waals surface area contributed by atoms with Crippen LogP contribution in [0.3, 0.4) is 0 Å². The zero-order valence-electron chi connectivity index (χ0n) is 29.7. The molecule has 0 bridgehead atoms. The van der Waals surface area contributed by atoms with Gasteiger partial charge in [-0.25, -0.2) is 0 Å². The maximum absolute atomic E-state index is 2.81. The van der Waals surface area contributed by atoms with E-state index in [2.05, 4.69) is 144 Å². The van der Waals surface area contributed by atoms with Crippen LogP contribution in [-0.2, 0) is 0 Å². The summed E-state index contributed by atoms with van der Waals surface area (Å²) < 4.78 is 1.24. The van der Waals surface area contributed by atoms with Crippen LogP contribution in [0.2, 0.25) is 87.1 Å². The molecule has 6 heteroatoms. The normalized spacial score (nSPS) is 17.9. The summed E-state index contributed by atoms with van der Waals surface area (Å²) in [5, 5.41) is 3.64. The summed E-state index contributed by atoms with van der Waals surface area (Å²) in [4.78, 5) is 0. The molecule has 0 aliphatic carbocycles. The van der Waals surface area contributed by atoms with Crippen molar-refractivity contribution < 1.29 is 0 Å². The van der Waals surface area contributed by atoms with Gasteiger partial charge in [0.2, 0.25) is 0 Å². The van der Waals surface area contributed by atoms with Gasteiger partial charge in [0, 0.05) is 40.2 Å². The minimum Gasteiger partial charge on any atom is -0.0694 e. The number of benzene rings is 2. The van der Waals surface area contributed by atoms with Crippen molar-refractivity contribution in [3.05, 3.63) is 57.6 Å². The van der Waals surface area contributed by atoms with Gasteiger partial charge in [-0.05, 0) is 82.7 Å². The van der Waals surface area contributed by atoms with Gasteiger partial charge in [-0.2, -0.15) is 0 Å². The third-order valence-electron chi connectivity index (χ3n) is 11.0. The van der Waals surface area contributed by atoms with Crippen molar-refractivity contribution in [1.82, 2.24) is 0 Å². The average molecular weight is 639 g/mol. The molecule has 40 heavy (non-hydrogen) atoms. The molecule has 0 radical (unpaired) electrons. The van der Waals surface area contributed by atoms with Crippen LogP contribution in [0.15, 0.2) is 24.3 Å². The van der Waals surface area contributed by atoms with E-state index >= 15 is 0 Å². The second kappa shape index (κ2) is 10.7. The van der Waals surface area contributed by atoms with Crippen LogP contribution in [-0.4, -0.2) is 48.1 Å². The van der Waals surface area contributed by atoms with Crippen LogP contribution in [0.5, 0.6) is 0 Å². The summed E-state index contributed by atoms with van der Waals surface area (Å²) in [6.07, 6.45) is 3.06. The van der Waals surface area contributed by atoms with Crippen LogP contribution >= 0.6 is 0 Å². The summed E-state index contributed by atoms with van der Waals surface area (Å²) in [6.45, 7) is 48.2. The van der Waals surface area contributed by atoms with Crippen molar-refractivity contribution >= 4 is 58.4 Å². The highest BCUT2D eigenvalue weighted by Gasteiger charge is 2.70. The molecule has 0 N–H and O–H groups in total. The molecule has 1 aliphatic rings. The zero-order chi connectivity index (χ0) is 31.0. The van der Waals surface area contributed by atoms with Crippen LogP contribution < -0.4 is 10.4 Å². The molecule has 1 saturated heterocycles. The Morgan fingerprint density at radius 1 is 0.475 bits per heavy atom. The first-order chi connectivity index (χ1) is 17.8. The summed E-state index contributed by atoms with van der Waals surface area (Å²) in [6, 6.07) is 10.2. The van der Waals surface area contributed by atoms with Gasteiger partial charge in [0.15, 0.2) is 0 Å². The molecule has 0 aromatic heterocycles. The molecule has 0 amide bonds. The number of hydrogen-bond donors (Lipinski definition) is 0. The summed E-state index contributed by atoms with van der Waals surface area (Å²) in [7, 11) is -8.13. The fourth-order valence-electron chi connectivity index (χ4n) is 10.2. The van der Waals surface area contributed by atoms with Gasteiger partial charge in [-0.3, -0.25) is 0 Å². The monoisotopic (exact) mass is 638 g/mol. The summed E-state index contributed by atoms with van der Waals surface area (Å²) >= 11 is 0. The molecule has 0 unspecified atom stereocenters. The Morgan fingerprint density at radius 2 is 0.700 bits per heavy atom. The van der Waals surface area contributed by atoms with E-state index in [0.717, 1.165) is 0 Å². The van der Waals surface area contributed by atoms with E-state index < -0.39 is 48.1 Å². The summed E-state index contributed by atoms with van der Waals surface area (Å²) in [5.41, 5.74) is 9.24. The van der Waals surface area contributed by atoms with E-state index in [0.29, 0.717) is 8.57 Å². The highest BCUT2D eigenvalue weighted by atomic mass is 28.9. The first-order valence-corrected chi connectivity index (χ1v) is 33.8. The van der Waals surface area contributed by atoms with E-state index in [4.69, 9.17) is 0 Å². The molecule has 0 spiro atoms. The Kier molecular flexibility index (Phi) is 9.18. The molecular weight excluding hydrogens is 577 g/mol. The number of aryl methyl sites for hydroxylation is 6. The van der Waals surface area contributed by atoms with Crippen molar-refractivity contribution in [2.75, 3.05) is 0 Å². The van der Waals surface area contributed by atoms with Gasteiger partial charge in [0.25, 0.3) is 0 Å². The van der Waals surface area contributed by atoms with Crippen molar-refractivity contribution in [1.29, 1.82) is 0 Å². The van der Waals surface area contributed by atoms with Crippen molar-refractivity contribution in [3.63, 3.8) is 0 Å². The van der Waals surface area contributed by atoms with Crippen LogP contribution in [0.1, 0.15) is 46.2 Å². The van der Waals surface area contributed by atoms with Crippen molar-refractivity contribution in [2.24, 2.45) is 0 Å². The first kappa shape index (κ1) is 34.2. The van der Waals surface area contributed by atoms with Gasteiger partial charge in [-0.15, -0.1) is 0 Å². The maximum atomic E-state index is 2.81. The van der Waals surface area contributed by atoms with E-state index in [1.807, 2.05) is 10.4 Å². The average Bonchev–Trinajstić information content (AvgIpc) is 3.09. The molecule has 222 valence electrons. The zero-order valence-corrected chi connectivity index (χ0v) is 35.7. The third kappa shape index (κ3) is 5.23.